The van der Waals surface area contributed by atoms with Crippen molar-refractivity contribution >= 4 is 11.3 Å². The van der Waals surface area contributed by atoms with Crippen molar-refractivity contribution in [1.29, 1.82) is 0 Å². The lowest BCUT2D eigenvalue weighted by molar-refractivity contribution is 0.534. The summed E-state index contributed by atoms with van der Waals surface area (Å²) in [5.74, 6) is 0. The van der Waals surface area contributed by atoms with Crippen molar-refractivity contribution in [2.24, 2.45) is 7.05 Å². The SMILES string of the molecule is CCNC(c1nc(C)c(C)s1)c1cn(C)nc1C(C)(C)C. The van der Waals surface area contributed by atoms with Crippen molar-refractivity contribution in [3.8, 4) is 0 Å². The first-order valence-electron chi connectivity index (χ1n) is 7.45. The van der Waals surface area contributed by atoms with Crippen LogP contribution in [0.3, 0.4) is 0 Å². The van der Waals surface area contributed by atoms with Crippen molar-refractivity contribution in [3.63, 3.8) is 0 Å². The summed E-state index contributed by atoms with van der Waals surface area (Å²) in [6.45, 7) is 13.9. The fourth-order valence-corrected chi connectivity index (χ4v) is 3.47. The first kappa shape index (κ1) is 16.2. The van der Waals surface area contributed by atoms with Crippen molar-refractivity contribution in [1.82, 2.24) is 20.1 Å². The molecule has 0 aliphatic rings. The van der Waals surface area contributed by atoms with Crippen molar-refractivity contribution in [3.05, 3.63) is 33.0 Å². The predicted octanol–water partition coefficient (Wildman–Crippen LogP) is 3.49. The van der Waals surface area contributed by atoms with E-state index in [1.807, 2.05) is 11.7 Å². The summed E-state index contributed by atoms with van der Waals surface area (Å²) >= 11 is 1.78. The standard InChI is InChI=1S/C16H26N4S/c1-8-17-13(15-18-10(2)11(3)21-15)12-9-20(7)19-14(12)16(4,5)6/h9,13,17H,8H2,1-7H3. The molecule has 21 heavy (non-hydrogen) atoms. The minimum atomic E-state index is 0.0195. The van der Waals surface area contributed by atoms with Crippen LogP contribution in [0, 0.1) is 13.8 Å². The number of nitrogens with zero attached hydrogens (tertiary/aromatic N) is 3. The van der Waals surface area contributed by atoms with Crippen molar-refractivity contribution < 1.29 is 0 Å². The molecule has 2 aromatic heterocycles. The molecule has 0 saturated carbocycles. The largest absolute Gasteiger partial charge is 0.304 e. The Balaban J connectivity index is 2.53. The van der Waals surface area contributed by atoms with Crippen LogP contribution in [-0.2, 0) is 12.5 Å². The number of nitrogens with one attached hydrogen (secondary N) is 1. The smallest absolute Gasteiger partial charge is 0.115 e. The Kier molecular flexibility index (Phi) is 4.54. The molecule has 0 aliphatic heterocycles. The van der Waals surface area contributed by atoms with Gasteiger partial charge in [0.25, 0.3) is 0 Å². The molecule has 0 saturated heterocycles. The average Bonchev–Trinajstić information content (AvgIpc) is 2.90. The lowest BCUT2D eigenvalue weighted by atomic mass is 9.87. The van der Waals surface area contributed by atoms with Gasteiger partial charge in [-0.1, -0.05) is 27.7 Å². The Morgan fingerprint density at radius 2 is 2.00 bits per heavy atom. The van der Waals surface area contributed by atoms with E-state index in [4.69, 9.17) is 10.1 Å². The van der Waals surface area contributed by atoms with E-state index in [2.05, 4.69) is 53.1 Å². The second-order valence-corrected chi connectivity index (χ2v) is 7.78. The summed E-state index contributed by atoms with van der Waals surface area (Å²) in [6.07, 6.45) is 2.12. The van der Waals surface area contributed by atoms with Crippen LogP contribution in [0.5, 0.6) is 0 Å². The summed E-state index contributed by atoms with van der Waals surface area (Å²) in [6, 6.07) is 0.121. The second-order valence-electron chi connectivity index (χ2n) is 6.54. The van der Waals surface area contributed by atoms with E-state index in [-0.39, 0.29) is 11.5 Å². The maximum atomic E-state index is 4.76. The summed E-state index contributed by atoms with van der Waals surface area (Å²) in [7, 11) is 1.99. The van der Waals surface area contributed by atoms with Gasteiger partial charge in [0.05, 0.1) is 17.4 Å². The van der Waals surface area contributed by atoms with Crippen LogP contribution in [-0.4, -0.2) is 21.3 Å². The fraction of sp³-hybridized carbons (Fsp3) is 0.625. The van der Waals surface area contributed by atoms with Gasteiger partial charge in [0.15, 0.2) is 0 Å². The van der Waals surface area contributed by atoms with E-state index in [0.717, 1.165) is 22.9 Å². The molecule has 4 nitrogen and oxygen atoms in total. The summed E-state index contributed by atoms with van der Waals surface area (Å²) in [5, 5.41) is 9.40. The van der Waals surface area contributed by atoms with Crippen LogP contribution in [0.1, 0.15) is 60.6 Å². The molecule has 1 unspecified atom stereocenters. The van der Waals surface area contributed by atoms with Crippen LogP contribution in [0.25, 0.3) is 0 Å². The van der Waals surface area contributed by atoms with Gasteiger partial charge in [-0.25, -0.2) is 4.98 Å². The zero-order chi connectivity index (χ0) is 15.8. The summed E-state index contributed by atoms with van der Waals surface area (Å²) in [5.41, 5.74) is 3.52. The monoisotopic (exact) mass is 306 g/mol. The molecule has 0 amide bonds. The molecule has 0 aromatic carbocycles. The Morgan fingerprint density at radius 1 is 1.33 bits per heavy atom. The number of hydrogen-bond acceptors (Lipinski definition) is 4. The van der Waals surface area contributed by atoms with Gasteiger partial charge in [0.2, 0.25) is 0 Å². The number of rotatable bonds is 4. The van der Waals surface area contributed by atoms with E-state index in [9.17, 15) is 0 Å². The molecule has 2 rings (SSSR count). The highest BCUT2D eigenvalue weighted by molar-refractivity contribution is 7.11. The summed E-state index contributed by atoms with van der Waals surface area (Å²) < 4.78 is 1.91. The quantitative estimate of drug-likeness (QED) is 0.940. The number of hydrogen-bond donors (Lipinski definition) is 1. The molecule has 0 aliphatic carbocycles. The minimum Gasteiger partial charge on any atom is -0.304 e. The minimum absolute atomic E-state index is 0.0195. The first-order valence-corrected chi connectivity index (χ1v) is 8.27. The van der Waals surface area contributed by atoms with E-state index < -0.39 is 0 Å². The molecule has 1 N–H and O–H groups in total. The topological polar surface area (TPSA) is 42.7 Å². The van der Waals surface area contributed by atoms with Gasteiger partial charge in [-0.2, -0.15) is 5.10 Å². The molecule has 0 spiro atoms. The number of aryl methyl sites for hydroxylation is 3. The normalized spacial score (nSPS) is 13.7. The van der Waals surface area contributed by atoms with Gasteiger partial charge in [-0.3, -0.25) is 4.68 Å². The third-order valence-corrected chi connectivity index (χ3v) is 4.72. The van der Waals surface area contributed by atoms with E-state index in [1.54, 1.807) is 11.3 Å². The van der Waals surface area contributed by atoms with Crippen LogP contribution in [0.4, 0.5) is 0 Å². The predicted molar refractivity (Wildman–Crippen MR) is 89.0 cm³/mol. The van der Waals surface area contributed by atoms with Crippen LogP contribution >= 0.6 is 11.3 Å². The third-order valence-electron chi connectivity index (χ3n) is 3.58. The summed E-state index contributed by atoms with van der Waals surface area (Å²) in [4.78, 5) is 6.04. The van der Waals surface area contributed by atoms with Crippen molar-refractivity contribution in [2.45, 2.75) is 53.0 Å². The van der Waals surface area contributed by atoms with Gasteiger partial charge in [0.1, 0.15) is 5.01 Å². The van der Waals surface area contributed by atoms with E-state index >= 15 is 0 Å². The Morgan fingerprint density at radius 3 is 2.48 bits per heavy atom. The zero-order valence-corrected chi connectivity index (χ0v) is 14.9. The maximum absolute atomic E-state index is 4.76. The molecule has 0 bridgehead atoms. The highest BCUT2D eigenvalue weighted by atomic mass is 32.1. The highest BCUT2D eigenvalue weighted by Crippen LogP contribution is 2.34. The number of aromatic nitrogens is 3. The Labute approximate surface area is 131 Å². The molecular weight excluding hydrogens is 280 g/mol. The van der Waals surface area contributed by atoms with Crippen LogP contribution in [0.2, 0.25) is 0 Å². The van der Waals surface area contributed by atoms with Crippen molar-refractivity contribution in [2.75, 3.05) is 6.54 Å². The van der Waals surface area contributed by atoms with E-state index in [1.165, 1.54) is 10.4 Å². The van der Waals surface area contributed by atoms with Gasteiger partial charge in [-0.15, -0.1) is 11.3 Å². The van der Waals surface area contributed by atoms with Crippen LogP contribution < -0.4 is 5.32 Å². The van der Waals surface area contributed by atoms with E-state index in [0.29, 0.717) is 0 Å². The molecular formula is C16H26N4S. The molecule has 1 atom stereocenters. The van der Waals surface area contributed by atoms with Gasteiger partial charge in [0, 0.05) is 29.1 Å². The first-order chi connectivity index (χ1) is 9.74. The van der Waals surface area contributed by atoms with Gasteiger partial charge < -0.3 is 5.32 Å². The molecule has 116 valence electrons. The average molecular weight is 306 g/mol. The fourth-order valence-electron chi connectivity index (χ4n) is 2.46. The van der Waals surface area contributed by atoms with Gasteiger partial charge in [-0.05, 0) is 20.4 Å². The zero-order valence-electron chi connectivity index (χ0n) is 14.1. The highest BCUT2D eigenvalue weighted by Gasteiger charge is 2.28. The molecule has 0 fully saturated rings. The molecule has 2 heterocycles. The van der Waals surface area contributed by atoms with Crippen LogP contribution in [0.15, 0.2) is 6.20 Å². The number of thiazole rings is 1. The van der Waals surface area contributed by atoms with Gasteiger partial charge >= 0.3 is 0 Å². The molecule has 5 heteroatoms. The molecule has 2 aromatic rings. The molecule has 0 radical (unpaired) electrons. The Bertz CT molecular complexity index is 599. The third kappa shape index (κ3) is 3.35. The maximum Gasteiger partial charge on any atom is 0.115 e. The second kappa shape index (κ2) is 5.89. The Hall–Kier alpha value is -1.20. The lowest BCUT2D eigenvalue weighted by Gasteiger charge is -2.22. The lowest BCUT2D eigenvalue weighted by Crippen LogP contribution is -2.25.